The van der Waals surface area contributed by atoms with Crippen LogP contribution in [0.3, 0.4) is 0 Å². The molecule has 0 saturated carbocycles. The van der Waals surface area contributed by atoms with E-state index in [-0.39, 0.29) is 18.2 Å². The number of carbonyl (C=O) groups excluding carboxylic acids is 1. The smallest absolute Gasteiger partial charge is 0.155 e. The van der Waals surface area contributed by atoms with Crippen molar-refractivity contribution in [3.63, 3.8) is 0 Å². The van der Waals surface area contributed by atoms with Gasteiger partial charge in [-0.25, -0.2) is 8.78 Å². The van der Waals surface area contributed by atoms with Crippen LogP contribution in [-0.4, -0.2) is 21.7 Å². The Labute approximate surface area is 185 Å². The minimum Gasteiger partial charge on any atom is -0.391 e. The highest BCUT2D eigenvalue weighted by Gasteiger charge is 2.13. The third-order valence-electron chi connectivity index (χ3n) is 3.91. The fraction of sp³-hybridized carbons (Fsp3) is 0.0500. The van der Waals surface area contributed by atoms with Crippen molar-refractivity contribution in [2.45, 2.75) is 6.61 Å². The molecule has 2 heterocycles. The molecule has 154 valence electrons. The molecule has 2 aromatic heterocycles. The molecule has 0 radical (unpaired) electrons. The van der Waals surface area contributed by atoms with E-state index in [0.29, 0.717) is 48.9 Å². The summed E-state index contributed by atoms with van der Waals surface area (Å²) in [6, 6.07) is 8.38. The number of aldehydes is 1. The number of aliphatic hydroxyl groups is 1. The number of aliphatic hydroxyl groups excluding tert-OH is 1. The molecule has 1 N–H and O–H groups in total. The van der Waals surface area contributed by atoms with Crippen molar-refractivity contribution in [1.82, 2.24) is 10.3 Å². The van der Waals surface area contributed by atoms with E-state index in [4.69, 9.17) is 9.63 Å². The van der Waals surface area contributed by atoms with Crippen molar-refractivity contribution in [2.75, 3.05) is 0 Å². The van der Waals surface area contributed by atoms with Gasteiger partial charge in [0.1, 0.15) is 35.5 Å². The Balaban J connectivity index is 0.000000171. The monoisotopic (exact) mass is 540 g/mol. The number of hydrogen-bond acceptors (Lipinski definition) is 6. The van der Waals surface area contributed by atoms with Crippen LogP contribution in [0.15, 0.2) is 66.9 Å². The van der Waals surface area contributed by atoms with E-state index >= 15 is 0 Å². The first-order valence-corrected chi connectivity index (χ1v) is 9.87. The molecule has 2 aromatic carbocycles. The van der Waals surface area contributed by atoms with E-state index in [1.165, 1.54) is 42.9 Å². The van der Waals surface area contributed by atoms with Crippen LogP contribution in [0.2, 0.25) is 0 Å². The Morgan fingerprint density at radius 3 is 1.97 bits per heavy atom. The summed E-state index contributed by atoms with van der Waals surface area (Å²) >= 11 is 6.42. The van der Waals surface area contributed by atoms with Crippen molar-refractivity contribution in [2.24, 2.45) is 0 Å². The summed E-state index contributed by atoms with van der Waals surface area (Å²) in [4.78, 5) is 10.7. The standard InChI is InChI=1S/C10H7BrFNO2.C10H5BrFNO2/c2*11-9-3-7(12)1-2-8(9)10-6(4-14)5-15-13-10/h1-3,5,14H,4H2;1-5H. The summed E-state index contributed by atoms with van der Waals surface area (Å²) in [6.45, 7) is -0.164. The Morgan fingerprint density at radius 2 is 1.43 bits per heavy atom. The number of nitrogens with zero attached hydrogens (tertiary/aromatic N) is 2. The second-order valence-electron chi connectivity index (χ2n) is 5.83. The average molecular weight is 542 g/mol. The fourth-order valence-electron chi connectivity index (χ4n) is 2.49. The van der Waals surface area contributed by atoms with Crippen molar-refractivity contribution in [3.05, 3.63) is 80.6 Å². The molecule has 0 spiro atoms. The summed E-state index contributed by atoms with van der Waals surface area (Å²) in [6.07, 6.45) is 3.25. The van der Waals surface area contributed by atoms with E-state index in [1.54, 1.807) is 6.07 Å². The zero-order valence-electron chi connectivity index (χ0n) is 15.0. The number of carbonyl (C=O) groups is 1. The highest BCUT2D eigenvalue weighted by Crippen LogP contribution is 2.31. The summed E-state index contributed by atoms with van der Waals surface area (Å²) < 4.78 is 36.2. The highest BCUT2D eigenvalue weighted by atomic mass is 79.9. The van der Waals surface area contributed by atoms with Gasteiger partial charge in [0.25, 0.3) is 0 Å². The Hall–Kier alpha value is -2.69. The third-order valence-corrected chi connectivity index (χ3v) is 5.22. The molecule has 0 fully saturated rings. The molecule has 0 aliphatic carbocycles. The van der Waals surface area contributed by atoms with Crippen molar-refractivity contribution in [1.29, 1.82) is 0 Å². The van der Waals surface area contributed by atoms with Gasteiger partial charge < -0.3 is 14.2 Å². The van der Waals surface area contributed by atoms with Gasteiger partial charge >= 0.3 is 0 Å². The minimum atomic E-state index is -0.359. The summed E-state index contributed by atoms with van der Waals surface area (Å²) in [5, 5.41) is 16.5. The van der Waals surface area contributed by atoms with E-state index in [9.17, 15) is 13.6 Å². The molecule has 0 saturated heterocycles. The van der Waals surface area contributed by atoms with Gasteiger partial charge in [-0.15, -0.1) is 0 Å². The second-order valence-corrected chi connectivity index (χ2v) is 7.54. The molecular formula is C20H12Br2F2N2O4. The van der Waals surface area contributed by atoms with Gasteiger partial charge in [0.2, 0.25) is 0 Å². The molecular weight excluding hydrogens is 530 g/mol. The number of benzene rings is 2. The minimum absolute atomic E-state index is 0.164. The van der Waals surface area contributed by atoms with Crippen LogP contribution in [-0.2, 0) is 6.61 Å². The zero-order chi connectivity index (χ0) is 21.7. The molecule has 4 rings (SSSR count). The maximum atomic E-state index is 12.8. The van der Waals surface area contributed by atoms with E-state index in [2.05, 4.69) is 46.7 Å². The number of hydrogen-bond donors (Lipinski definition) is 1. The van der Waals surface area contributed by atoms with Crippen molar-refractivity contribution >= 4 is 38.1 Å². The predicted molar refractivity (Wildman–Crippen MR) is 111 cm³/mol. The Morgan fingerprint density at radius 1 is 0.900 bits per heavy atom. The Kier molecular flexibility index (Phi) is 7.24. The molecule has 0 amide bonds. The number of rotatable bonds is 4. The van der Waals surface area contributed by atoms with Crippen molar-refractivity contribution < 1.29 is 27.7 Å². The molecule has 4 aromatic rings. The topological polar surface area (TPSA) is 89.4 Å². The maximum Gasteiger partial charge on any atom is 0.155 e. The van der Waals surface area contributed by atoms with Crippen LogP contribution >= 0.6 is 31.9 Å². The molecule has 30 heavy (non-hydrogen) atoms. The summed E-state index contributed by atoms with van der Waals surface area (Å²) in [7, 11) is 0. The van der Waals surface area contributed by atoms with Crippen molar-refractivity contribution in [3.8, 4) is 22.5 Å². The molecule has 0 atom stereocenters. The van der Waals surface area contributed by atoms with Gasteiger partial charge in [0.15, 0.2) is 6.29 Å². The van der Waals surface area contributed by atoms with Crippen LogP contribution in [0.25, 0.3) is 22.5 Å². The van der Waals surface area contributed by atoms with Crippen LogP contribution in [0.5, 0.6) is 0 Å². The van der Waals surface area contributed by atoms with Gasteiger partial charge in [0, 0.05) is 25.6 Å². The van der Waals surface area contributed by atoms with Crippen LogP contribution in [0.1, 0.15) is 15.9 Å². The molecule has 0 aliphatic rings. The lowest BCUT2D eigenvalue weighted by Gasteiger charge is -2.01. The SMILES string of the molecule is O=Cc1conc1-c1ccc(F)cc1Br.OCc1conc1-c1ccc(F)cc1Br. The van der Waals surface area contributed by atoms with Crippen LogP contribution in [0.4, 0.5) is 8.78 Å². The first kappa shape index (κ1) is 22.0. The first-order chi connectivity index (χ1) is 14.4. The molecule has 10 heteroatoms. The number of aromatic nitrogens is 2. The third kappa shape index (κ3) is 4.89. The van der Waals surface area contributed by atoms with Gasteiger partial charge in [0.05, 0.1) is 12.2 Å². The first-order valence-electron chi connectivity index (χ1n) is 8.29. The van der Waals surface area contributed by atoms with E-state index in [0.717, 1.165) is 0 Å². The second kappa shape index (κ2) is 9.88. The highest BCUT2D eigenvalue weighted by molar-refractivity contribution is 9.11. The number of halogens is 4. The molecule has 0 bridgehead atoms. The lowest BCUT2D eigenvalue weighted by molar-refractivity contribution is 0.112. The normalized spacial score (nSPS) is 10.4. The Bertz CT molecular complexity index is 1180. The zero-order valence-corrected chi connectivity index (χ0v) is 18.2. The van der Waals surface area contributed by atoms with Crippen LogP contribution < -0.4 is 0 Å². The average Bonchev–Trinajstić information content (AvgIpc) is 3.37. The van der Waals surface area contributed by atoms with Crippen LogP contribution in [0, 0.1) is 11.6 Å². The maximum absolute atomic E-state index is 12.8. The van der Waals surface area contributed by atoms with Gasteiger partial charge in [-0.05, 0) is 68.3 Å². The molecule has 0 aliphatic heterocycles. The quantitative estimate of drug-likeness (QED) is 0.329. The molecule has 6 nitrogen and oxygen atoms in total. The summed E-state index contributed by atoms with van der Waals surface area (Å²) in [5.41, 5.74) is 3.13. The lowest BCUT2D eigenvalue weighted by atomic mass is 10.1. The van der Waals surface area contributed by atoms with Gasteiger partial charge in [-0.3, -0.25) is 4.79 Å². The predicted octanol–water partition coefficient (Wildman–Crippen LogP) is 5.79. The lowest BCUT2D eigenvalue weighted by Crippen LogP contribution is -1.88. The molecule has 0 unspecified atom stereocenters. The summed E-state index contributed by atoms with van der Waals surface area (Å²) in [5.74, 6) is -0.693. The van der Waals surface area contributed by atoms with E-state index in [1.807, 2.05) is 0 Å². The van der Waals surface area contributed by atoms with Gasteiger partial charge in [-0.2, -0.15) is 0 Å². The largest absolute Gasteiger partial charge is 0.391 e. The fourth-order valence-corrected chi connectivity index (χ4v) is 3.56. The van der Waals surface area contributed by atoms with E-state index < -0.39 is 0 Å². The van der Waals surface area contributed by atoms with Gasteiger partial charge in [-0.1, -0.05) is 10.3 Å².